The first-order chi connectivity index (χ1) is 10.6. The number of benzene rings is 2. The van der Waals surface area contributed by atoms with Crippen LogP contribution in [0.2, 0.25) is 0 Å². The van der Waals surface area contributed by atoms with E-state index in [1.165, 1.54) is 0 Å². The molecular formula is C17H17N3O2. The average Bonchev–Trinajstić information content (AvgIpc) is 2.96. The molecule has 0 fully saturated rings. The molecule has 0 aliphatic heterocycles. The van der Waals surface area contributed by atoms with Crippen molar-refractivity contribution in [1.82, 2.24) is 9.78 Å². The minimum Gasteiger partial charge on any atom is -0.507 e. The number of aromatic nitrogens is 2. The minimum atomic E-state index is -0.706. The number of phenolic OH excluding ortho intramolecular Hbond substituents is 1. The van der Waals surface area contributed by atoms with E-state index in [4.69, 9.17) is 0 Å². The molecule has 0 saturated heterocycles. The lowest BCUT2D eigenvalue weighted by Gasteiger charge is -2.06. The summed E-state index contributed by atoms with van der Waals surface area (Å²) in [4.78, 5) is 4.27. The van der Waals surface area contributed by atoms with Gasteiger partial charge in [0, 0.05) is 30.6 Å². The Kier molecular flexibility index (Phi) is 3.89. The van der Waals surface area contributed by atoms with Crippen molar-refractivity contribution < 1.29 is 10.2 Å². The molecule has 5 heteroatoms. The van der Waals surface area contributed by atoms with Crippen LogP contribution in [-0.4, -0.2) is 32.8 Å². The molecule has 0 bridgehead atoms. The maximum atomic E-state index is 10.1. The van der Waals surface area contributed by atoms with E-state index in [9.17, 15) is 10.2 Å². The van der Waals surface area contributed by atoms with Crippen molar-refractivity contribution in [1.29, 1.82) is 0 Å². The highest BCUT2D eigenvalue weighted by molar-refractivity contribution is 6.02. The lowest BCUT2D eigenvalue weighted by atomic mass is 10.0. The summed E-state index contributed by atoms with van der Waals surface area (Å²) in [6.45, 7) is 0.217. The molecule has 0 saturated carbocycles. The number of fused-ring (bicyclic) bond motifs is 1. The summed E-state index contributed by atoms with van der Waals surface area (Å²) >= 11 is 0. The lowest BCUT2D eigenvalue weighted by Crippen LogP contribution is -2.01. The number of aromatic hydroxyl groups is 1. The number of rotatable bonds is 4. The van der Waals surface area contributed by atoms with Crippen molar-refractivity contribution in [3.05, 3.63) is 59.9 Å². The molecule has 0 amide bonds. The second-order valence-corrected chi connectivity index (χ2v) is 5.18. The molecule has 1 heterocycles. The number of aryl methyl sites for hydroxylation is 1. The van der Waals surface area contributed by atoms with Gasteiger partial charge in [0.15, 0.2) is 0 Å². The van der Waals surface area contributed by atoms with Crippen molar-refractivity contribution in [2.75, 3.05) is 6.54 Å². The van der Waals surface area contributed by atoms with Gasteiger partial charge in [-0.25, -0.2) is 0 Å². The molecule has 2 N–H and O–H groups in total. The highest BCUT2D eigenvalue weighted by atomic mass is 16.3. The molecule has 112 valence electrons. The molecule has 3 rings (SSSR count). The van der Waals surface area contributed by atoms with Gasteiger partial charge in [-0.15, -0.1) is 0 Å². The summed E-state index contributed by atoms with van der Waals surface area (Å²) in [7, 11) is 1.80. The van der Waals surface area contributed by atoms with Crippen LogP contribution in [-0.2, 0) is 7.05 Å². The zero-order chi connectivity index (χ0) is 15.5. The first kappa shape index (κ1) is 14.3. The van der Waals surface area contributed by atoms with Gasteiger partial charge in [-0.3, -0.25) is 9.67 Å². The number of hydrogen-bond donors (Lipinski definition) is 2. The normalized spacial score (nSPS) is 13.0. The van der Waals surface area contributed by atoms with E-state index in [0.29, 0.717) is 5.56 Å². The van der Waals surface area contributed by atoms with E-state index in [2.05, 4.69) is 10.1 Å². The Morgan fingerprint density at radius 1 is 1.27 bits per heavy atom. The molecule has 1 atom stereocenters. The van der Waals surface area contributed by atoms with Gasteiger partial charge in [0.1, 0.15) is 11.9 Å². The number of aliphatic imine (C=N–C) groups is 1. The number of aliphatic hydroxyl groups excluding tert-OH is 1. The fraction of sp³-hybridized carbons (Fsp3) is 0.176. The van der Waals surface area contributed by atoms with Crippen LogP contribution in [0, 0.1) is 0 Å². The third-order valence-electron chi connectivity index (χ3n) is 3.56. The Hall–Kier alpha value is -2.66. The van der Waals surface area contributed by atoms with Gasteiger partial charge in [-0.1, -0.05) is 30.3 Å². The van der Waals surface area contributed by atoms with Gasteiger partial charge < -0.3 is 10.2 Å². The Morgan fingerprint density at radius 2 is 2.09 bits per heavy atom. The Balaban J connectivity index is 1.82. The zero-order valence-electron chi connectivity index (χ0n) is 12.2. The lowest BCUT2D eigenvalue weighted by molar-refractivity contribution is 0.187. The van der Waals surface area contributed by atoms with Crippen LogP contribution in [0.3, 0.4) is 0 Å². The fourth-order valence-corrected chi connectivity index (χ4v) is 2.38. The first-order valence-electron chi connectivity index (χ1n) is 7.02. The molecule has 1 aromatic heterocycles. The van der Waals surface area contributed by atoms with Crippen LogP contribution in [0.25, 0.3) is 10.8 Å². The topological polar surface area (TPSA) is 70.6 Å². The molecule has 5 nitrogen and oxygen atoms in total. The molecule has 0 radical (unpaired) electrons. The third kappa shape index (κ3) is 2.84. The van der Waals surface area contributed by atoms with E-state index in [0.717, 1.165) is 16.3 Å². The van der Waals surface area contributed by atoms with Crippen molar-refractivity contribution >= 4 is 17.0 Å². The van der Waals surface area contributed by atoms with Gasteiger partial charge in [-0.05, 0) is 16.8 Å². The van der Waals surface area contributed by atoms with Crippen molar-refractivity contribution in [2.24, 2.45) is 12.0 Å². The molecule has 3 aromatic rings. The van der Waals surface area contributed by atoms with Crippen molar-refractivity contribution in [3.63, 3.8) is 0 Å². The molecule has 2 aromatic carbocycles. The number of hydrogen-bond acceptors (Lipinski definition) is 4. The predicted octanol–water partition coefficient (Wildman–Crippen LogP) is 2.43. The summed E-state index contributed by atoms with van der Waals surface area (Å²) in [5.41, 5.74) is 1.39. The van der Waals surface area contributed by atoms with Gasteiger partial charge in [0.05, 0.1) is 12.7 Å². The van der Waals surface area contributed by atoms with E-state index in [1.807, 2.05) is 30.3 Å². The van der Waals surface area contributed by atoms with Crippen LogP contribution in [0.4, 0.5) is 0 Å². The predicted molar refractivity (Wildman–Crippen MR) is 86.2 cm³/mol. The van der Waals surface area contributed by atoms with Crippen LogP contribution in [0.5, 0.6) is 5.75 Å². The number of aliphatic hydroxyl groups is 1. The van der Waals surface area contributed by atoms with Crippen LogP contribution in [0.1, 0.15) is 17.2 Å². The van der Waals surface area contributed by atoms with E-state index >= 15 is 0 Å². The standard InChI is InChI=1S/C17H17N3O2/c1-20-11-13(8-19-20)17(22)10-18-9-15-14-5-3-2-4-12(14)6-7-16(15)21/h2-9,11,17,21-22H,10H2,1H3. The van der Waals surface area contributed by atoms with Crippen LogP contribution in [0.15, 0.2) is 53.8 Å². The Labute approximate surface area is 128 Å². The average molecular weight is 295 g/mol. The second kappa shape index (κ2) is 5.99. The molecule has 0 aliphatic rings. The number of phenols is 1. The Bertz CT molecular complexity index is 824. The summed E-state index contributed by atoms with van der Waals surface area (Å²) in [6, 6.07) is 11.3. The molecule has 1 unspecified atom stereocenters. The van der Waals surface area contributed by atoms with Crippen molar-refractivity contribution in [2.45, 2.75) is 6.10 Å². The fourth-order valence-electron chi connectivity index (χ4n) is 2.38. The molecule has 0 aliphatic carbocycles. The van der Waals surface area contributed by atoms with Gasteiger partial charge in [0.25, 0.3) is 0 Å². The molecular weight excluding hydrogens is 278 g/mol. The smallest absolute Gasteiger partial charge is 0.124 e. The monoisotopic (exact) mass is 295 g/mol. The van der Waals surface area contributed by atoms with E-state index < -0.39 is 6.10 Å². The highest BCUT2D eigenvalue weighted by Crippen LogP contribution is 2.25. The van der Waals surface area contributed by atoms with Gasteiger partial charge in [0.2, 0.25) is 0 Å². The summed E-state index contributed by atoms with van der Waals surface area (Å²) in [6.07, 6.45) is 4.28. The second-order valence-electron chi connectivity index (χ2n) is 5.18. The highest BCUT2D eigenvalue weighted by Gasteiger charge is 2.09. The maximum absolute atomic E-state index is 10.1. The summed E-state index contributed by atoms with van der Waals surface area (Å²) in [5.74, 6) is 0.179. The first-order valence-corrected chi connectivity index (χ1v) is 7.02. The zero-order valence-corrected chi connectivity index (χ0v) is 12.2. The Morgan fingerprint density at radius 3 is 2.86 bits per heavy atom. The summed E-state index contributed by atoms with van der Waals surface area (Å²) < 4.78 is 1.64. The minimum absolute atomic E-state index is 0.179. The number of nitrogens with zero attached hydrogens (tertiary/aromatic N) is 3. The van der Waals surface area contributed by atoms with E-state index in [-0.39, 0.29) is 12.3 Å². The van der Waals surface area contributed by atoms with Crippen LogP contribution < -0.4 is 0 Å². The molecule has 0 spiro atoms. The quantitative estimate of drug-likeness (QED) is 0.726. The third-order valence-corrected chi connectivity index (χ3v) is 3.56. The van der Waals surface area contributed by atoms with Crippen molar-refractivity contribution in [3.8, 4) is 5.75 Å². The van der Waals surface area contributed by atoms with E-state index in [1.54, 1.807) is 36.4 Å². The SMILES string of the molecule is Cn1cc(C(O)CN=Cc2c(O)ccc3ccccc23)cn1. The summed E-state index contributed by atoms with van der Waals surface area (Å²) in [5, 5.41) is 26.1. The van der Waals surface area contributed by atoms with Crippen LogP contribution >= 0.6 is 0 Å². The van der Waals surface area contributed by atoms with Gasteiger partial charge in [-0.2, -0.15) is 5.10 Å². The van der Waals surface area contributed by atoms with Gasteiger partial charge >= 0.3 is 0 Å². The molecule has 22 heavy (non-hydrogen) atoms. The largest absolute Gasteiger partial charge is 0.507 e. The maximum Gasteiger partial charge on any atom is 0.124 e.